The minimum absolute atomic E-state index is 0.0739. The van der Waals surface area contributed by atoms with Gasteiger partial charge in [-0.3, -0.25) is 9.59 Å². The highest BCUT2D eigenvalue weighted by Gasteiger charge is 2.28. The van der Waals surface area contributed by atoms with Gasteiger partial charge in [-0.25, -0.2) is 0 Å². The molecule has 22 heavy (non-hydrogen) atoms. The van der Waals surface area contributed by atoms with E-state index in [2.05, 4.69) is 6.07 Å². The lowest BCUT2D eigenvalue weighted by atomic mass is 9.96. The summed E-state index contributed by atoms with van der Waals surface area (Å²) in [6, 6.07) is 6.15. The second kappa shape index (κ2) is 6.51. The van der Waals surface area contributed by atoms with Crippen molar-refractivity contribution in [1.82, 2.24) is 4.90 Å². The molecule has 2 aliphatic rings. The van der Waals surface area contributed by atoms with Crippen LogP contribution < -0.4 is 0 Å². The molecule has 1 atom stereocenters. The van der Waals surface area contributed by atoms with E-state index in [9.17, 15) is 9.59 Å². The van der Waals surface area contributed by atoms with Crippen LogP contribution in [0.2, 0.25) is 0 Å². The predicted octanol–water partition coefficient (Wildman–Crippen LogP) is 3.03. The normalized spacial score (nSPS) is 20.7. The van der Waals surface area contributed by atoms with Gasteiger partial charge < -0.3 is 10.0 Å². The van der Waals surface area contributed by atoms with Crippen LogP contribution in [0.5, 0.6) is 0 Å². The maximum atomic E-state index is 12.8. The summed E-state index contributed by atoms with van der Waals surface area (Å²) in [6.07, 6.45) is 7.08. The zero-order valence-electron chi connectivity index (χ0n) is 12.9. The van der Waals surface area contributed by atoms with Crippen molar-refractivity contribution in [3.8, 4) is 0 Å². The molecule has 0 saturated carbocycles. The van der Waals surface area contributed by atoms with Gasteiger partial charge in [-0.2, -0.15) is 0 Å². The van der Waals surface area contributed by atoms with Crippen molar-refractivity contribution < 1.29 is 14.7 Å². The lowest BCUT2D eigenvalue weighted by Gasteiger charge is -2.35. The second-order valence-corrected chi connectivity index (χ2v) is 6.42. The molecule has 0 spiro atoms. The minimum atomic E-state index is -0.782. The fraction of sp³-hybridized carbons (Fsp3) is 0.556. The van der Waals surface area contributed by atoms with Gasteiger partial charge in [0, 0.05) is 24.6 Å². The molecule has 1 saturated heterocycles. The number of benzene rings is 1. The van der Waals surface area contributed by atoms with Crippen molar-refractivity contribution in [2.45, 2.75) is 57.4 Å². The second-order valence-electron chi connectivity index (χ2n) is 6.42. The van der Waals surface area contributed by atoms with Gasteiger partial charge in [-0.05, 0) is 68.2 Å². The SMILES string of the molecule is O=C(O)CCC1CCCCN1C(=O)c1ccc2c(c1)CCC2. The molecule has 1 aliphatic carbocycles. The first-order valence-corrected chi connectivity index (χ1v) is 8.30. The molecule has 1 aromatic carbocycles. The summed E-state index contributed by atoms with van der Waals surface area (Å²) in [6.45, 7) is 0.750. The molecule has 1 amide bonds. The number of carbonyl (C=O) groups excluding carboxylic acids is 1. The molecule has 4 heteroatoms. The van der Waals surface area contributed by atoms with Gasteiger partial charge in [0.05, 0.1) is 0 Å². The van der Waals surface area contributed by atoms with E-state index < -0.39 is 5.97 Å². The van der Waals surface area contributed by atoms with Crippen LogP contribution in [0.25, 0.3) is 0 Å². The first-order valence-electron chi connectivity index (χ1n) is 8.30. The van der Waals surface area contributed by atoms with Crippen LogP contribution in [0.4, 0.5) is 0 Å². The van der Waals surface area contributed by atoms with Gasteiger partial charge >= 0.3 is 5.97 Å². The van der Waals surface area contributed by atoms with E-state index in [4.69, 9.17) is 5.11 Å². The molecule has 1 aromatic rings. The number of hydrogen-bond donors (Lipinski definition) is 1. The lowest BCUT2D eigenvalue weighted by Crippen LogP contribution is -2.44. The van der Waals surface area contributed by atoms with Gasteiger partial charge in [0.15, 0.2) is 0 Å². The predicted molar refractivity (Wildman–Crippen MR) is 84.0 cm³/mol. The van der Waals surface area contributed by atoms with Crippen molar-refractivity contribution in [3.05, 3.63) is 34.9 Å². The number of aryl methyl sites for hydroxylation is 2. The van der Waals surface area contributed by atoms with Crippen molar-refractivity contribution in [2.24, 2.45) is 0 Å². The number of fused-ring (bicyclic) bond motifs is 1. The molecule has 4 nitrogen and oxygen atoms in total. The number of hydrogen-bond acceptors (Lipinski definition) is 2. The molecular weight excluding hydrogens is 278 g/mol. The highest BCUT2D eigenvalue weighted by molar-refractivity contribution is 5.94. The molecule has 1 unspecified atom stereocenters. The number of aliphatic carboxylic acids is 1. The number of likely N-dealkylation sites (tertiary alicyclic amines) is 1. The average molecular weight is 301 g/mol. The number of carbonyl (C=O) groups is 2. The van der Waals surface area contributed by atoms with Crippen LogP contribution in [0.15, 0.2) is 18.2 Å². The summed E-state index contributed by atoms with van der Waals surface area (Å²) in [5.74, 6) is -0.708. The molecule has 3 rings (SSSR count). The van der Waals surface area contributed by atoms with Gasteiger partial charge in [-0.1, -0.05) is 6.07 Å². The molecule has 1 fully saturated rings. The van der Waals surface area contributed by atoms with Crippen molar-refractivity contribution >= 4 is 11.9 Å². The van der Waals surface area contributed by atoms with E-state index >= 15 is 0 Å². The largest absolute Gasteiger partial charge is 0.481 e. The topological polar surface area (TPSA) is 57.6 Å². The summed E-state index contributed by atoms with van der Waals surface area (Å²) >= 11 is 0. The summed E-state index contributed by atoms with van der Waals surface area (Å²) in [5, 5.41) is 8.89. The van der Waals surface area contributed by atoms with Crippen LogP contribution >= 0.6 is 0 Å². The standard InChI is InChI=1S/C18H23NO3/c20-17(21)10-9-16-6-1-2-11-19(16)18(22)15-8-7-13-4-3-5-14(13)12-15/h7-8,12,16H,1-6,9-11H2,(H,20,21). The van der Waals surface area contributed by atoms with E-state index in [1.807, 2.05) is 17.0 Å². The number of rotatable bonds is 4. The van der Waals surface area contributed by atoms with Crippen LogP contribution in [0.1, 0.15) is 60.0 Å². The molecule has 0 aromatic heterocycles. The van der Waals surface area contributed by atoms with Gasteiger partial charge in [0.1, 0.15) is 0 Å². The summed E-state index contributed by atoms with van der Waals surface area (Å²) in [5.41, 5.74) is 3.45. The lowest BCUT2D eigenvalue weighted by molar-refractivity contribution is -0.137. The Kier molecular flexibility index (Phi) is 4.46. The Labute approximate surface area is 131 Å². The van der Waals surface area contributed by atoms with Gasteiger partial charge in [0.2, 0.25) is 0 Å². The van der Waals surface area contributed by atoms with Crippen LogP contribution in [0.3, 0.4) is 0 Å². The molecule has 1 heterocycles. The third kappa shape index (κ3) is 3.16. The zero-order chi connectivity index (χ0) is 15.5. The first kappa shape index (κ1) is 15.1. The van der Waals surface area contributed by atoms with Gasteiger partial charge in [-0.15, -0.1) is 0 Å². The molecule has 118 valence electrons. The summed E-state index contributed by atoms with van der Waals surface area (Å²) in [7, 11) is 0. The molecule has 1 aliphatic heterocycles. The quantitative estimate of drug-likeness (QED) is 0.930. The van der Waals surface area contributed by atoms with Crippen LogP contribution in [0, 0.1) is 0 Å². The monoisotopic (exact) mass is 301 g/mol. The maximum Gasteiger partial charge on any atom is 0.303 e. The zero-order valence-corrected chi connectivity index (χ0v) is 12.9. The van der Waals surface area contributed by atoms with Crippen molar-refractivity contribution in [3.63, 3.8) is 0 Å². The Morgan fingerprint density at radius 1 is 1.14 bits per heavy atom. The third-order valence-corrected chi connectivity index (χ3v) is 4.92. The maximum absolute atomic E-state index is 12.8. The van der Waals surface area contributed by atoms with E-state index in [1.165, 1.54) is 17.5 Å². The minimum Gasteiger partial charge on any atom is -0.481 e. The number of carboxylic acids is 1. The Hall–Kier alpha value is -1.84. The average Bonchev–Trinajstić information content (AvgIpc) is 3.00. The van der Waals surface area contributed by atoms with Crippen molar-refractivity contribution in [2.75, 3.05) is 6.54 Å². The smallest absolute Gasteiger partial charge is 0.303 e. The number of piperidine rings is 1. The Morgan fingerprint density at radius 2 is 1.95 bits per heavy atom. The summed E-state index contributed by atoms with van der Waals surface area (Å²) in [4.78, 5) is 25.6. The molecule has 0 bridgehead atoms. The first-order chi connectivity index (χ1) is 10.6. The van der Waals surface area contributed by atoms with E-state index in [1.54, 1.807) is 0 Å². The fourth-order valence-electron chi connectivity index (χ4n) is 3.73. The van der Waals surface area contributed by atoms with Crippen molar-refractivity contribution in [1.29, 1.82) is 0 Å². The van der Waals surface area contributed by atoms with Gasteiger partial charge in [0.25, 0.3) is 5.91 Å². The Balaban J connectivity index is 1.75. The third-order valence-electron chi connectivity index (χ3n) is 4.92. The highest BCUT2D eigenvalue weighted by Crippen LogP contribution is 2.26. The van der Waals surface area contributed by atoms with E-state index in [-0.39, 0.29) is 18.4 Å². The number of carboxylic acid groups (broad SMARTS) is 1. The Morgan fingerprint density at radius 3 is 2.77 bits per heavy atom. The van der Waals surface area contributed by atoms with Crippen LogP contribution in [-0.2, 0) is 17.6 Å². The van der Waals surface area contributed by atoms with Crippen LogP contribution in [-0.4, -0.2) is 34.5 Å². The van der Waals surface area contributed by atoms with E-state index in [0.717, 1.165) is 44.2 Å². The number of nitrogens with zero attached hydrogens (tertiary/aromatic N) is 1. The molecular formula is C18H23NO3. The number of amides is 1. The Bertz CT molecular complexity index is 582. The highest BCUT2D eigenvalue weighted by atomic mass is 16.4. The fourth-order valence-corrected chi connectivity index (χ4v) is 3.73. The molecule has 0 radical (unpaired) electrons. The van der Waals surface area contributed by atoms with E-state index in [0.29, 0.717) is 6.42 Å². The summed E-state index contributed by atoms with van der Waals surface area (Å²) < 4.78 is 0. The molecule has 1 N–H and O–H groups in total.